The van der Waals surface area contributed by atoms with E-state index >= 15 is 0 Å². The summed E-state index contributed by atoms with van der Waals surface area (Å²) in [4.78, 5) is 4.48. The van der Waals surface area contributed by atoms with E-state index in [1.165, 1.54) is 0 Å². The average Bonchev–Trinajstić information content (AvgIpc) is 3.01. The third kappa shape index (κ3) is 2.57. The van der Waals surface area contributed by atoms with Crippen LogP contribution in [-0.4, -0.2) is 4.98 Å². The number of benzene rings is 1. The summed E-state index contributed by atoms with van der Waals surface area (Å²) >= 11 is 0. The fraction of sp³-hybridized carbons (Fsp3) is 0.188. The molecule has 0 amide bonds. The van der Waals surface area contributed by atoms with Gasteiger partial charge in [0.05, 0.1) is 11.8 Å². The van der Waals surface area contributed by atoms with Gasteiger partial charge in [-0.15, -0.1) is 0 Å². The fourth-order valence-corrected chi connectivity index (χ4v) is 2.48. The second kappa shape index (κ2) is 5.86. The van der Waals surface area contributed by atoms with Gasteiger partial charge in [-0.05, 0) is 30.2 Å². The van der Waals surface area contributed by atoms with Gasteiger partial charge < -0.3 is 4.42 Å². The molecule has 1 aromatic carbocycles. The maximum atomic E-state index is 5.73. The number of furan rings is 1. The normalized spacial score (nSPS) is 12.7. The first-order valence-electron chi connectivity index (χ1n) is 6.70. The summed E-state index contributed by atoms with van der Waals surface area (Å²) in [6.07, 6.45) is 5.20. The van der Waals surface area contributed by atoms with E-state index in [1.54, 1.807) is 6.26 Å². The zero-order chi connectivity index (χ0) is 13.8. The molecule has 2 heterocycles. The zero-order valence-electron chi connectivity index (χ0n) is 11.1. The van der Waals surface area contributed by atoms with Crippen LogP contribution in [0.2, 0.25) is 0 Å². The van der Waals surface area contributed by atoms with Gasteiger partial charge >= 0.3 is 0 Å². The molecule has 0 aliphatic heterocycles. The predicted molar refractivity (Wildman–Crippen MR) is 78.8 cm³/mol. The molecule has 3 rings (SSSR count). The van der Waals surface area contributed by atoms with Gasteiger partial charge in [0.1, 0.15) is 5.76 Å². The Bertz CT molecular complexity index is 674. The lowest BCUT2D eigenvalue weighted by Gasteiger charge is -2.17. The van der Waals surface area contributed by atoms with Crippen LogP contribution in [0.3, 0.4) is 0 Å². The number of para-hydroxylation sites is 1. The van der Waals surface area contributed by atoms with Crippen molar-refractivity contribution in [3.05, 3.63) is 66.2 Å². The quantitative estimate of drug-likeness (QED) is 0.551. The molecular weight excluding hydrogens is 250 g/mol. The van der Waals surface area contributed by atoms with E-state index in [4.69, 9.17) is 10.3 Å². The number of aryl methyl sites for hydroxylation is 1. The molecule has 2 aromatic heterocycles. The minimum absolute atomic E-state index is 0.0544. The highest BCUT2D eigenvalue weighted by atomic mass is 16.3. The van der Waals surface area contributed by atoms with Crippen molar-refractivity contribution in [2.75, 3.05) is 0 Å². The molecule has 3 N–H and O–H groups in total. The summed E-state index contributed by atoms with van der Waals surface area (Å²) in [6.45, 7) is 0. The number of nitrogens with two attached hydrogens (primary N) is 1. The lowest BCUT2D eigenvalue weighted by atomic mass is 9.99. The molecule has 4 heteroatoms. The van der Waals surface area contributed by atoms with E-state index < -0.39 is 0 Å². The minimum Gasteiger partial charge on any atom is -0.469 e. The van der Waals surface area contributed by atoms with Gasteiger partial charge in [-0.1, -0.05) is 24.3 Å². The Balaban J connectivity index is 1.87. The van der Waals surface area contributed by atoms with E-state index in [0.29, 0.717) is 0 Å². The Labute approximate surface area is 117 Å². The maximum absolute atomic E-state index is 5.73. The number of nitrogens with zero attached hydrogens (tertiary/aromatic N) is 1. The number of pyridine rings is 1. The van der Waals surface area contributed by atoms with Crippen LogP contribution < -0.4 is 11.3 Å². The van der Waals surface area contributed by atoms with Crippen LogP contribution >= 0.6 is 0 Å². The Morgan fingerprint density at radius 1 is 1.15 bits per heavy atom. The lowest BCUT2D eigenvalue weighted by molar-refractivity contribution is 0.459. The summed E-state index contributed by atoms with van der Waals surface area (Å²) in [6, 6.07) is 14.1. The molecule has 0 saturated carbocycles. The molecule has 1 atom stereocenters. The van der Waals surface area contributed by atoms with E-state index in [0.717, 1.165) is 35.1 Å². The maximum Gasteiger partial charge on any atom is 0.103 e. The van der Waals surface area contributed by atoms with Gasteiger partial charge in [0.15, 0.2) is 0 Å². The van der Waals surface area contributed by atoms with Crippen molar-refractivity contribution < 1.29 is 4.42 Å². The highest BCUT2D eigenvalue weighted by Gasteiger charge is 2.14. The summed E-state index contributed by atoms with van der Waals surface area (Å²) in [5.41, 5.74) is 5.01. The van der Waals surface area contributed by atoms with Crippen molar-refractivity contribution >= 4 is 10.9 Å². The Morgan fingerprint density at radius 2 is 2.05 bits per heavy atom. The number of rotatable bonds is 5. The Hall–Kier alpha value is -2.17. The van der Waals surface area contributed by atoms with Crippen molar-refractivity contribution in [2.45, 2.75) is 18.9 Å². The molecule has 102 valence electrons. The number of hydrogen-bond donors (Lipinski definition) is 2. The smallest absolute Gasteiger partial charge is 0.103 e. The molecule has 1 unspecified atom stereocenters. The van der Waals surface area contributed by atoms with Crippen LogP contribution in [0.5, 0.6) is 0 Å². The van der Waals surface area contributed by atoms with Crippen LogP contribution in [0.4, 0.5) is 0 Å². The van der Waals surface area contributed by atoms with E-state index in [2.05, 4.69) is 28.6 Å². The van der Waals surface area contributed by atoms with Crippen LogP contribution in [-0.2, 0) is 6.42 Å². The molecule has 0 saturated heterocycles. The number of hydrazine groups is 1. The first kappa shape index (κ1) is 12.8. The van der Waals surface area contributed by atoms with Gasteiger partial charge in [0.2, 0.25) is 0 Å². The van der Waals surface area contributed by atoms with Gasteiger partial charge in [-0.2, -0.15) is 0 Å². The fourth-order valence-electron chi connectivity index (χ4n) is 2.48. The Kier molecular flexibility index (Phi) is 3.76. The van der Waals surface area contributed by atoms with E-state index in [9.17, 15) is 0 Å². The third-order valence-corrected chi connectivity index (χ3v) is 3.50. The Morgan fingerprint density at radius 3 is 2.85 bits per heavy atom. The lowest BCUT2D eigenvalue weighted by Crippen LogP contribution is -2.28. The second-order valence-electron chi connectivity index (χ2n) is 4.76. The molecule has 0 radical (unpaired) electrons. The molecule has 3 aromatic rings. The SMILES string of the molecule is NNC(CCc1ccco1)c1cccc2cccnc12. The van der Waals surface area contributed by atoms with E-state index in [-0.39, 0.29) is 6.04 Å². The summed E-state index contributed by atoms with van der Waals surface area (Å²) < 4.78 is 5.37. The highest BCUT2D eigenvalue weighted by Crippen LogP contribution is 2.25. The molecule has 0 aliphatic carbocycles. The van der Waals surface area contributed by atoms with Crippen molar-refractivity contribution in [1.82, 2.24) is 10.4 Å². The van der Waals surface area contributed by atoms with Crippen LogP contribution in [0.1, 0.15) is 23.8 Å². The standard InChI is InChI=1S/C16H17N3O/c17-19-15(9-8-13-6-3-11-20-13)14-7-1-4-12-5-2-10-18-16(12)14/h1-7,10-11,15,19H,8-9,17H2. The van der Waals surface area contributed by atoms with E-state index in [1.807, 2.05) is 30.5 Å². The largest absolute Gasteiger partial charge is 0.469 e. The third-order valence-electron chi connectivity index (χ3n) is 3.50. The summed E-state index contributed by atoms with van der Waals surface area (Å²) in [7, 11) is 0. The molecular formula is C16H17N3O. The molecule has 0 spiro atoms. The highest BCUT2D eigenvalue weighted by molar-refractivity contribution is 5.81. The topological polar surface area (TPSA) is 64.1 Å². The molecule has 0 fully saturated rings. The van der Waals surface area contributed by atoms with Gasteiger partial charge in [0, 0.05) is 24.0 Å². The van der Waals surface area contributed by atoms with Crippen LogP contribution in [0.25, 0.3) is 10.9 Å². The summed E-state index contributed by atoms with van der Waals surface area (Å²) in [5.74, 6) is 6.70. The van der Waals surface area contributed by atoms with Gasteiger partial charge in [-0.25, -0.2) is 0 Å². The van der Waals surface area contributed by atoms with Crippen LogP contribution in [0, 0.1) is 0 Å². The zero-order valence-corrected chi connectivity index (χ0v) is 11.1. The molecule has 4 nitrogen and oxygen atoms in total. The monoisotopic (exact) mass is 267 g/mol. The minimum atomic E-state index is 0.0544. The first-order chi connectivity index (χ1) is 9.88. The second-order valence-corrected chi connectivity index (χ2v) is 4.76. The van der Waals surface area contributed by atoms with Crippen LogP contribution in [0.15, 0.2) is 59.3 Å². The summed E-state index contributed by atoms with van der Waals surface area (Å²) in [5, 5.41) is 1.13. The molecule has 0 aliphatic rings. The van der Waals surface area contributed by atoms with Crippen molar-refractivity contribution in [3.8, 4) is 0 Å². The number of fused-ring (bicyclic) bond motifs is 1. The molecule has 0 bridgehead atoms. The van der Waals surface area contributed by atoms with Crippen molar-refractivity contribution in [3.63, 3.8) is 0 Å². The number of aromatic nitrogens is 1. The van der Waals surface area contributed by atoms with Gasteiger partial charge in [-0.3, -0.25) is 16.3 Å². The number of hydrogen-bond acceptors (Lipinski definition) is 4. The first-order valence-corrected chi connectivity index (χ1v) is 6.70. The van der Waals surface area contributed by atoms with Gasteiger partial charge in [0.25, 0.3) is 0 Å². The predicted octanol–water partition coefficient (Wildman–Crippen LogP) is 2.97. The molecule has 20 heavy (non-hydrogen) atoms. The average molecular weight is 267 g/mol. The number of nitrogens with one attached hydrogen (secondary N) is 1. The van der Waals surface area contributed by atoms with Crippen molar-refractivity contribution in [1.29, 1.82) is 0 Å². The van der Waals surface area contributed by atoms with Crippen molar-refractivity contribution in [2.24, 2.45) is 5.84 Å².